The Bertz CT molecular complexity index is 898. The number of halogens is 3. The molecule has 2 aromatic carbocycles. The summed E-state index contributed by atoms with van der Waals surface area (Å²) in [7, 11) is -3.43. The normalized spacial score (nSPS) is 11.9. The summed E-state index contributed by atoms with van der Waals surface area (Å²) in [6, 6.07) is 11.2. The van der Waals surface area contributed by atoms with Crippen molar-refractivity contribution in [2.45, 2.75) is 23.7 Å². The Balaban J connectivity index is 2.11. The van der Waals surface area contributed by atoms with E-state index in [-0.39, 0.29) is 28.0 Å². The molecule has 2 rings (SSSR count). The molecule has 146 valence electrons. The number of thioether (sulfide) groups is 1. The van der Waals surface area contributed by atoms with E-state index in [0.717, 1.165) is 0 Å². The van der Waals surface area contributed by atoms with Crippen molar-refractivity contribution >= 4 is 39.1 Å². The molecule has 0 aliphatic heterocycles. The van der Waals surface area contributed by atoms with Crippen LogP contribution in [0.25, 0.3) is 0 Å². The number of hydrogen-bond donors (Lipinski definition) is 2. The van der Waals surface area contributed by atoms with Gasteiger partial charge in [-0.3, -0.25) is 9.52 Å². The van der Waals surface area contributed by atoms with Crippen molar-refractivity contribution in [2.24, 2.45) is 0 Å². The number of anilines is 2. The Morgan fingerprint density at radius 2 is 1.63 bits per heavy atom. The van der Waals surface area contributed by atoms with Crippen molar-refractivity contribution in [2.75, 3.05) is 15.8 Å². The molecule has 0 unspecified atom stereocenters. The maximum Gasteiger partial charge on any atom is 0.446 e. The number of nitrogens with one attached hydrogen (secondary N) is 2. The number of benzene rings is 2. The number of hydrogen-bond acceptors (Lipinski definition) is 4. The van der Waals surface area contributed by atoms with E-state index in [4.69, 9.17) is 0 Å². The molecular formula is C17H17F3N2O3S2. The van der Waals surface area contributed by atoms with Crippen LogP contribution in [0.2, 0.25) is 0 Å². The molecule has 0 aliphatic rings. The molecule has 0 bridgehead atoms. The summed E-state index contributed by atoms with van der Waals surface area (Å²) in [5, 5.41) is 2.50. The minimum atomic E-state index is -4.51. The van der Waals surface area contributed by atoms with E-state index < -0.39 is 21.4 Å². The van der Waals surface area contributed by atoms with Gasteiger partial charge in [-0.1, -0.05) is 19.1 Å². The third-order valence-corrected chi connectivity index (χ3v) is 5.55. The monoisotopic (exact) mass is 418 g/mol. The number of amides is 1. The summed E-state index contributed by atoms with van der Waals surface area (Å²) < 4.78 is 63.7. The van der Waals surface area contributed by atoms with E-state index in [2.05, 4.69) is 10.0 Å². The minimum Gasteiger partial charge on any atom is -0.322 e. The molecule has 2 aromatic rings. The van der Waals surface area contributed by atoms with Crippen molar-refractivity contribution in [1.29, 1.82) is 0 Å². The maximum atomic E-state index is 12.6. The quantitative estimate of drug-likeness (QED) is 0.639. The van der Waals surface area contributed by atoms with Gasteiger partial charge in [0.2, 0.25) is 10.0 Å². The zero-order valence-corrected chi connectivity index (χ0v) is 15.8. The standard InChI is InChI=1S/C17H17F3N2O3S2/c1-2-11-27(24,25)22-13-9-7-12(8-10-13)21-16(23)14-5-3-4-6-15(14)26-17(18,19)20/h3-10,22H,2,11H2,1H3,(H,21,23). The lowest BCUT2D eigenvalue weighted by Crippen LogP contribution is -2.16. The molecule has 1 amide bonds. The number of alkyl halides is 3. The molecule has 0 fully saturated rings. The van der Waals surface area contributed by atoms with Gasteiger partial charge in [-0.25, -0.2) is 8.42 Å². The number of carbonyl (C=O) groups excluding carboxylic acids is 1. The summed E-state index contributed by atoms with van der Waals surface area (Å²) in [6.45, 7) is 1.74. The molecule has 5 nitrogen and oxygen atoms in total. The van der Waals surface area contributed by atoms with Crippen molar-refractivity contribution < 1.29 is 26.4 Å². The lowest BCUT2D eigenvalue weighted by Gasteiger charge is -2.12. The largest absolute Gasteiger partial charge is 0.446 e. The molecule has 0 heterocycles. The van der Waals surface area contributed by atoms with Crippen LogP contribution in [0.4, 0.5) is 24.5 Å². The molecule has 27 heavy (non-hydrogen) atoms. The first-order chi connectivity index (χ1) is 12.6. The molecule has 10 heteroatoms. The fourth-order valence-electron chi connectivity index (χ4n) is 2.19. The Kier molecular flexibility index (Phi) is 6.77. The third-order valence-electron chi connectivity index (χ3n) is 3.25. The van der Waals surface area contributed by atoms with Gasteiger partial charge in [-0.05, 0) is 54.6 Å². The van der Waals surface area contributed by atoms with E-state index in [9.17, 15) is 26.4 Å². The highest BCUT2D eigenvalue weighted by Gasteiger charge is 2.31. The van der Waals surface area contributed by atoms with Gasteiger partial charge in [0.25, 0.3) is 5.91 Å². The third kappa shape index (κ3) is 6.79. The Morgan fingerprint density at radius 3 is 2.22 bits per heavy atom. The number of sulfonamides is 1. The van der Waals surface area contributed by atoms with Gasteiger partial charge < -0.3 is 5.32 Å². The molecule has 2 N–H and O–H groups in total. The zero-order valence-electron chi connectivity index (χ0n) is 14.2. The zero-order chi connectivity index (χ0) is 20.1. The van der Waals surface area contributed by atoms with Crippen LogP contribution in [0, 0.1) is 0 Å². The van der Waals surface area contributed by atoms with Gasteiger partial charge in [0.1, 0.15) is 0 Å². The van der Waals surface area contributed by atoms with Crippen LogP contribution < -0.4 is 10.0 Å². The molecule has 0 spiro atoms. The second-order valence-electron chi connectivity index (χ2n) is 5.50. The topological polar surface area (TPSA) is 75.3 Å². The van der Waals surface area contributed by atoms with Crippen LogP contribution in [0.1, 0.15) is 23.7 Å². The predicted molar refractivity (Wildman–Crippen MR) is 100 cm³/mol. The smallest absolute Gasteiger partial charge is 0.322 e. The van der Waals surface area contributed by atoms with Crippen molar-refractivity contribution in [3.8, 4) is 0 Å². The highest BCUT2D eigenvalue weighted by molar-refractivity contribution is 8.00. The first-order valence-electron chi connectivity index (χ1n) is 7.86. The lowest BCUT2D eigenvalue weighted by atomic mass is 10.2. The average Bonchev–Trinajstić information content (AvgIpc) is 2.55. The van der Waals surface area contributed by atoms with E-state index in [1.54, 1.807) is 6.92 Å². The fourth-order valence-corrected chi connectivity index (χ4v) is 3.99. The van der Waals surface area contributed by atoms with Crippen LogP contribution in [0.15, 0.2) is 53.4 Å². The van der Waals surface area contributed by atoms with Crippen molar-refractivity contribution in [3.05, 3.63) is 54.1 Å². The van der Waals surface area contributed by atoms with E-state index in [1.807, 2.05) is 0 Å². The van der Waals surface area contributed by atoms with E-state index >= 15 is 0 Å². The summed E-state index contributed by atoms with van der Waals surface area (Å²) >= 11 is -0.358. The molecule has 0 radical (unpaired) electrons. The van der Waals surface area contributed by atoms with Crippen LogP contribution in [0.5, 0.6) is 0 Å². The van der Waals surface area contributed by atoms with Crippen LogP contribution >= 0.6 is 11.8 Å². The summed E-state index contributed by atoms with van der Waals surface area (Å²) in [5.41, 5.74) is -3.96. The fraction of sp³-hybridized carbons (Fsp3) is 0.235. The maximum absolute atomic E-state index is 12.6. The Labute approximate surface area is 159 Å². The molecule has 0 saturated carbocycles. The van der Waals surface area contributed by atoms with Gasteiger partial charge in [-0.15, -0.1) is 0 Å². The number of carbonyl (C=O) groups is 1. The SMILES string of the molecule is CCCS(=O)(=O)Nc1ccc(NC(=O)c2ccccc2SC(F)(F)F)cc1. The van der Waals surface area contributed by atoms with E-state index in [0.29, 0.717) is 17.8 Å². The van der Waals surface area contributed by atoms with Crippen molar-refractivity contribution in [3.63, 3.8) is 0 Å². The highest BCUT2D eigenvalue weighted by atomic mass is 32.2. The molecule has 0 saturated heterocycles. The minimum absolute atomic E-state index is 0.0147. The summed E-state index contributed by atoms with van der Waals surface area (Å²) in [5.74, 6) is -0.708. The molecule has 0 aliphatic carbocycles. The summed E-state index contributed by atoms with van der Waals surface area (Å²) in [4.78, 5) is 12.1. The van der Waals surface area contributed by atoms with Crippen LogP contribution in [-0.2, 0) is 10.0 Å². The van der Waals surface area contributed by atoms with Crippen LogP contribution in [-0.4, -0.2) is 25.6 Å². The Hall–Kier alpha value is -2.20. The second-order valence-corrected chi connectivity index (χ2v) is 8.45. The van der Waals surface area contributed by atoms with Gasteiger partial charge in [-0.2, -0.15) is 13.2 Å². The molecular weight excluding hydrogens is 401 g/mol. The van der Waals surface area contributed by atoms with Crippen molar-refractivity contribution in [1.82, 2.24) is 0 Å². The lowest BCUT2D eigenvalue weighted by molar-refractivity contribution is -0.0328. The second kappa shape index (κ2) is 8.66. The van der Waals surface area contributed by atoms with E-state index in [1.165, 1.54) is 48.5 Å². The van der Waals surface area contributed by atoms with Gasteiger partial charge in [0.05, 0.1) is 11.3 Å². The van der Waals surface area contributed by atoms with Gasteiger partial charge in [0.15, 0.2) is 0 Å². The first kappa shape index (κ1) is 21.1. The molecule has 0 atom stereocenters. The first-order valence-corrected chi connectivity index (χ1v) is 10.3. The summed E-state index contributed by atoms with van der Waals surface area (Å²) in [6.07, 6.45) is 0.471. The Morgan fingerprint density at radius 1 is 1.04 bits per heavy atom. The average molecular weight is 418 g/mol. The predicted octanol–water partition coefficient (Wildman–Crippen LogP) is 4.70. The van der Waals surface area contributed by atoms with Crippen LogP contribution in [0.3, 0.4) is 0 Å². The highest BCUT2D eigenvalue weighted by Crippen LogP contribution is 2.38. The molecule has 0 aromatic heterocycles. The number of rotatable bonds is 7. The van der Waals surface area contributed by atoms with Gasteiger partial charge in [0, 0.05) is 16.3 Å². The van der Waals surface area contributed by atoms with Gasteiger partial charge >= 0.3 is 5.51 Å².